The Morgan fingerprint density at radius 2 is 1.94 bits per heavy atom. The van der Waals surface area contributed by atoms with Crippen LogP contribution in [0, 0.1) is 5.92 Å². The van der Waals surface area contributed by atoms with Crippen LogP contribution in [0.1, 0.15) is 63.1 Å². The minimum atomic E-state index is -4.58. The fourth-order valence-electron chi connectivity index (χ4n) is 5.20. The number of benzene rings is 1. The predicted molar refractivity (Wildman–Crippen MR) is 138 cm³/mol. The molecular formula is C25H31ClF3N5S. The summed E-state index contributed by atoms with van der Waals surface area (Å²) in [4.78, 5) is 10.00. The Bertz CT molecular complexity index is 1040. The molecule has 2 fully saturated rings. The molecule has 1 aromatic heterocycles. The Morgan fingerprint density at radius 3 is 2.63 bits per heavy atom. The van der Waals surface area contributed by atoms with Gasteiger partial charge in [0.25, 0.3) is 0 Å². The molecule has 2 N–H and O–H groups in total. The molecule has 10 heteroatoms. The molecule has 1 atom stereocenters. The average Bonchev–Trinajstić information content (AvgIpc) is 2.83. The first-order valence-corrected chi connectivity index (χ1v) is 13.0. The summed E-state index contributed by atoms with van der Waals surface area (Å²) < 4.78 is 40.8. The van der Waals surface area contributed by atoms with E-state index in [1.165, 1.54) is 6.42 Å². The van der Waals surface area contributed by atoms with Gasteiger partial charge in [0.15, 0.2) is 10.8 Å². The predicted octanol–water partition coefficient (Wildman–Crippen LogP) is 6.57. The number of aromatic nitrogens is 2. The lowest BCUT2D eigenvalue weighted by Gasteiger charge is -2.38. The van der Waals surface area contributed by atoms with Crippen molar-refractivity contribution in [3.05, 3.63) is 46.6 Å². The lowest BCUT2D eigenvalue weighted by Crippen LogP contribution is -2.43. The number of hydrogen-bond donors (Lipinski definition) is 2. The molecule has 5 nitrogen and oxygen atoms in total. The Kier molecular flexibility index (Phi) is 8.06. The number of hydrogen-bond acceptors (Lipinski definition) is 4. The molecule has 0 bridgehead atoms. The van der Waals surface area contributed by atoms with Crippen molar-refractivity contribution in [2.24, 2.45) is 5.92 Å². The number of nitrogens with one attached hydrogen (secondary N) is 2. The van der Waals surface area contributed by atoms with Gasteiger partial charge in [0.05, 0.1) is 0 Å². The molecule has 1 saturated carbocycles. The number of halogens is 4. The normalized spacial score (nSPS) is 20.4. The summed E-state index contributed by atoms with van der Waals surface area (Å²) in [5.41, 5.74) is 0.0316. The van der Waals surface area contributed by atoms with Gasteiger partial charge in [-0.2, -0.15) is 18.2 Å². The Morgan fingerprint density at radius 1 is 1.17 bits per heavy atom. The topological polar surface area (TPSA) is 53.1 Å². The van der Waals surface area contributed by atoms with Crippen LogP contribution in [0.15, 0.2) is 30.3 Å². The van der Waals surface area contributed by atoms with Crippen LogP contribution >= 0.6 is 23.8 Å². The van der Waals surface area contributed by atoms with Gasteiger partial charge in [-0.15, -0.1) is 0 Å². The van der Waals surface area contributed by atoms with Crippen molar-refractivity contribution < 1.29 is 13.2 Å². The van der Waals surface area contributed by atoms with Crippen LogP contribution in [0.4, 0.5) is 24.9 Å². The molecule has 1 saturated heterocycles. The van der Waals surface area contributed by atoms with E-state index >= 15 is 0 Å². The summed E-state index contributed by atoms with van der Waals surface area (Å²) in [6.45, 7) is 3.98. The molecule has 1 aromatic carbocycles. The van der Waals surface area contributed by atoms with Crippen LogP contribution in [-0.4, -0.2) is 34.7 Å². The number of alkyl halides is 3. The molecule has 1 aliphatic heterocycles. The third kappa shape index (κ3) is 6.55. The molecule has 35 heavy (non-hydrogen) atoms. The maximum atomic E-state index is 13.6. The van der Waals surface area contributed by atoms with Crippen LogP contribution in [0.25, 0.3) is 0 Å². The summed E-state index contributed by atoms with van der Waals surface area (Å²) in [5.74, 6) is 0.517. The Labute approximate surface area is 214 Å². The van der Waals surface area contributed by atoms with Crippen molar-refractivity contribution in [3.63, 3.8) is 0 Å². The molecule has 2 aliphatic rings. The zero-order valence-corrected chi connectivity index (χ0v) is 21.4. The largest absolute Gasteiger partial charge is 0.433 e. The zero-order chi connectivity index (χ0) is 25.1. The summed E-state index contributed by atoms with van der Waals surface area (Å²) in [6, 6.07) is 8.90. The molecule has 2 aromatic rings. The first-order chi connectivity index (χ1) is 16.6. The molecule has 1 aliphatic carbocycles. The van der Waals surface area contributed by atoms with E-state index in [1.807, 2.05) is 23.1 Å². The SMILES string of the molecule is C[C@@H]1CCCN(c2cc(C(F)(F)F)nc(NC(=S)NCC3(c4cccc(Cl)c4)CCCCC3)n2)C1. The van der Waals surface area contributed by atoms with Crippen LogP contribution < -0.4 is 15.5 Å². The summed E-state index contributed by atoms with van der Waals surface area (Å²) >= 11 is 11.7. The van der Waals surface area contributed by atoms with E-state index < -0.39 is 11.9 Å². The number of rotatable bonds is 5. The smallest absolute Gasteiger partial charge is 0.361 e. The number of thiocarbonyl (C=S) groups is 1. The Hall–Kier alpha value is -2.13. The molecule has 0 amide bonds. The van der Waals surface area contributed by atoms with E-state index in [2.05, 4.69) is 33.6 Å². The monoisotopic (exact) mass is 525 g/mol. The minimum absolute atomic E-state index is 0.140. The highest BCUT2D eigenvalue weighted by molar-refractivity contribution is 7.80. The second-order valence-electron chi connectivity index (χ2n) is 9.79. The van der Waals surface area contributed by atoms with Gasteiger partial charge in [-0.25, -0.2) is 4.98 Å². The molecule has 0 radical (unpaired) electrons. The van der Waals surface area contributed by atoms with E-state index in [0.717, 1.165) is 50.2 Å². The van der Waals surface area contributed by atoms with E-state index in [4.69, 9.17) is 23.8 Å². The van der Waals surface area contributed by atoms with Crippen LogP contribution in [-0.2, 0) is 11.6 Å². The highest BCUT2D eigenvalue weighted by Crippen LogP contribution is 2.40. The van der Waals surface area contributed by atoms with Crippen molar-refractivity contribution >= 4 is 40.7 Å². The van der Waals surface area contributed by atoms with Crippen molar-refractivity contribution in [1.82, 2.24) is 15.3 Å². The summed E-state index contributed by atoms with van der Waals surface area (Å²) in [5, 5.41) is 6.92. The van der Waals surface area contributed by atoms with Gasteiger partial charge in [0.1, 0.15) is 5.82 Å². The van der Waals surface area contributed by atoms with E-state index in [1.54, 1.807) is 0 Å². The molecule has 0 unspecified atom stereocenters. The average molecular weight is 526 g/mol. The highest BCUT2D eigenvalue weighted by atomic mass is 35.5. The first kappa shape index (κ1) is 25.9. The van der Waals surface area contributed by atoms with Crippen molar-refractivity contribution in [1.29, 1.82) is 0 Å². The maximum Gasteiger partial charge on any atom is 0.433 e. The first-order valence-electron chi connectivity index (χ1n) is 12.2. The molecule has 4 rings (SSSR count). The quantitative estimate of drug-likeness (QED) is 0.430. The van der Waals surface area contributed by atoms with Gasteiger partial charge in [-0.3, -0.25) is 0 Å². The van der Waals surface area contributed by atoms with E-state index in [0.29, 0.717) is 30.6 Å². The van der Waals surface area contributed by atoms with Crippen LogP contribution in [0.3, 0.4) is 0 Å². The second kappa shape index (κ2) is 10.9. The lowest BCUT2D eigenvalue weighted by molar-refractivity contribution is -0.141. The van der Waals surface area contributed by atoms with Crippen LogP contribution in [0.2, 0.25) is 5.02 Å². The summed E-state index contributed by atoms with van der Waals surface area (Å²) in [6.07, 6.45) is 2.75. The number of nitrogens with zero attached hydrogens (tertiary/aromatic N) is 3. The van der Waals surface area contributed by atoms with Crippen molar-refractivity contribution in [2.45, 2.75) is 63.5 Å². The third-order valence-corrected chi connectivity index (χ3v) is 7.53. The number of piperidine rings is 1. The third-order valence-electron chi connectivity index (χ3n) is 7.04. The van der Waals surface area contributed by atoms with Gasteiger partial charge in [0.2, 0.25) is 5.95 Å². The highest BCUT2D eigenvalue weighted by Gasteiger charge is 2.36. The summed E-state index contributed by atoms with van der Waals surface area (Å²) in [7, 11) is 0. The Balaban J connectivity index is 1.51. The second-order valence-corrected chi connectivity index (χ2v) is 10.6. The molecule has 0 spiro atoms. The van der Waals surface area contributed by atoms with Crippen LogP contribution in [0.5, 0.6) is 0 Å². The fraction of sp³-hybridized carbons (Fsp3) is 0.560. The van der Waals surface area contributed by atoms with Gasteiger partial charge in [-0.05, 0) is 61.5 Å². The van der Waals surface area contributed by atoms with Gasteiger partial charge in [0, 0.05) is 36.1 Å². The van der Waals surface area contributed by atoms with E-state index in [9.17, 15) is 13.2 Å². The van der Waals surface area contributed by atoms with Gasteiger partial charge in [-0.1, -0.05) is 49.9 Å². The molecule has 190 valence electrons. The van der Waals surface area contributed by atoms with Gasteiger partial charge < -0.3 is 15.5 Å². The van der Waals surface area contributed by atoms with Gasteiger partial charge >= 0.3 is 6.18 Å². The minimum Gasteiger partial charge on any atom is -0.361 e. The molecular weight excluding hydrogens is 495 g/mol. The van der Waals surface area contributed by atoms with E-state index in [-0.39, 0.29) is 22.3 Å². The standard InChI is InChI=1S/C25H31ClF3N5S/c1-17-7-6-12-34(15-17)21-14-20(25(27,28)29)31-22(32-21)33-23(35)30-16-24(10-3-2-4-11-24)18-8-5-9-19(26)13-18/h5,8-9,13-14,17H,2-4,6-7,10-12,15-16H2,1H3,(H2,30,31,32,33,35)/t17-/m1/s1. The zero-order valence-electron chi connectivity index (χ0n) is 19.8. The lowest BCUT2D eigenvalue weighted by atomic mass is 9.69. The number of anilines is 2. The fourth-order valence-corrected chi connectivity index (χ4v) is 5.56. The maximum absolute atomic E-state index is 13.6. The van der Waals surface area contributed by atoms with Crippen molar-refractivity contribution in [2.75, 3.05) is 29.9 Å². The van der Waals surface area contributed by atoms with Crippen molar-refractivity contribution in [3.8, 4) is 0 Å². The molecule has 2 heterocycles.